The van der Waals surface area contributed by atoms with Crippen LogP contribution in [0, 0.1) is 0 Å². The summed E-state index contributed by atoms with van der Waals surface area (Å²) in [5, 5.41) is 2.81. The van der Waals surface area contributed by atoms with Crippen molar-refractivity contribution < 1.29 is 23.0 Å². The van der Waals surface area contributed by atoms with Gasteiger partial charge in [-0.3, -0.25) is 4.79 Å². The molecule has 2 aromatic carbocycles. The SMILES string of the molecule is COc1ccc(CCNC(=O)CCc2ccccc2N)cc1OC(F)F. The summed E-state index contributed by atoms with van der Waals surface area (Å²) in [6, 6.07) is 12.2. The Labute approximate surface area is 151 Å². The molecule has 0 radical (unpaired) electrons. The minimum atomic E-state index is -2.93. The molecule has 0 spiro atoms. The van der Waals surface area contributed by atoms with Gasteiger partial charge in [0.05, 0.1) is 7.11 Å². The molecule has 7 heteroatoms. The summed E-state index contributed by atoms with van der Waals surface area (Å²) < 4.78 is 34.3. The summed E-state index contributed by atoms with van der Waals surface area (Å²) in [5.74, 6) is 0.121. The van der Waals surface area contributed by atoms with Crippen molar-refractivity contribution >= 4 is 11.6 Å². The van der Waals surface area contributed by atoms with Crippen LogP contribution in [0.5, 0.6) is 11.5 Å². The minimum absolute atomic E-state index is 0.0223. The maximum atomic E-state index is 12.4. The van der Waals surface area contributed by atoms with Crippen molar-refractivity contribution in [3.63, 3.8) is 0 Å². The number of amides is 1. The highest BCUT2D eigenvalue weighted by Gasteiger charge is 2.11. The second-order valence-electron chi connectivity index (χ2n) is 5.66. The Balaban J connectivity index is 1.81. The monoisotopic (exact) mass is 364 g/mol. The lowest BCUT2D eigenvalue weighted by Crippen LogP contribution is -2.26. The van der Waals surface area contributed by atoms with Gasteiger partial charge in [-0.15, -0.1) is 0 Å². The van der Waals surface area contributed by atoms with Crippen molar-refractivity contribution in [2.75, 3.05) is 19.4 Å². The van der Waals surface area contributed by atoms with E-state index in [1.54, 1.807) is 18.2 Å². The van der Waals surface area contributed by atoms with Gasteiger partial charge in [0.15, 0.2) is 11.5 Å². The number of carbonyl (C=O) groups excluding carboxylic acids is 1. The summed E-state index contributed by atoms with van der Waals surface area (Å²) in [4.78, 5) is 11.9. The van der Waals surface area contributed by atoms with Gasteiger partial charge < -0.3 is 20.5 Å². The molecule has 0 aliphatic carbocycles. The number of alkyl halides is 2. The normalized spacial score (nSPS) is 10.6. The summed E-state index contributed by atoms with van der Waals surface area (Å²) >= 11 is 0. The number of methoxy groups -OCH3 is 1. The van der Waals surface area contributed by atoms with Crippen LogP contribution in [-0.2, 0) is 17.6 Å². The highest BCUT2D eigenvalue weighted by Crippen LogP contribution is 2.29. The summed E-state index contributed by atoms with van der Waals surface area (Å²) in [6.07, 6.45) is 1.38. The maximum Gasteiger partial charge on any atom is 0.387 e. The number of aryl methyl sites for hydroxylation is 1. The Kier molecular flexibility index (Phi) is 7.20. The van der Waals surface area contributed by atoms with Crippen molar-refractivity contribution in [1.82, 2.24) is 5.32 Å². The third kappa shape index (κ3) is 5.91. The molecule has 0 fully saturated rings. The van der Waals surface area contributed by atoms with Gasteiger partial charge in [0.1, 0.15) is 0 Å². The van der Waals surface area contributed by atoms with Crippen LogP contribution in [0.3, 0.4) is 0 Å². The van der Waals surface area contributed by atoms with Gasteiger partial charge in [0, 0.05) is 18.7 Å². The Hall–Kier alpha value is -2.83. The molecule has 5 nitrogen and oxygen atoms in total. The fourth-order valence-corrected chi connectivity index (χ4v) is 2.51. The predicted molar refractivity (Wildman–Crippen MR) is 95.5 cm³/mol. The zero-order chi connectivity index (χ0) is 18.9. The summed E-state index contributed by atoms with van der Waals surface area (Å²) in [6.45, 7) is -2.53. The average Bonchev–Trinajstić information content (AvgIpc) is 2.61. The van der Waals surface area contributed by atoms with Crippen molar-refractivity contribution in [2.24, 2.45) is 0 Å². The second kappa shape index (κ2) is 9.60. The van der Waals surface area contributed by atoms with E-state index in [0.29, 0.717) is 31.5 Å². The molecule has 0 saturated carbocycles. The smallest absolute Gasteiger partial charge is 0.387 e. The Morgan fingerprint density at radius 2 is 1.92 bits per heavy atom. The number of ether oxygens (including phenoxy) is 2. The molecule has 1 amide bonds. The molecule has 0 unspecified atom stereocenters. The Bertz CT molecular complexity index is 738. The Morgan fingerprint density at radius 3 is 2.62 bits per heavy atom. The molecule has 0 aliphatic heterocycles. The van der Waals surface area contributed by atoms with Gasteiger partial charge in [0.25, 0.3) is 0 Å². The summed E-state index contributed by atoms with van der Waals surface area (Å²) in [7, 11) is 1.38. The van der Waals surface area contributed by atoms with E-state index in [1.807, 2.05) is 18.2 Å². The number of halogens is 2. The third-order valence-electron chi connectivity index (χ3n) is 3.86. The van der Waals surface area contributed by atoms with E-state index in [0.717, 1.165) is 11.1 Å². The van der Waals surface area contributed by atoms with Crippen LogP contribution in [0.4, 0.5) is 14.5 Å². The quantitative estimate of drug-likeness (QED) is 0.671. The predicted octanol–water partition coefficient (Wildman–Crippen LogP) is 3.17. The highest BCUT2D eigenvalue weighted by atomic mass is 19.3. The van der Waals surface area contributed by atoms with E-state index in [4.69, 9.17) is 10.5 Å². The molecule has 0 heterocycles. The van der Waals surface area contributed by atoms with Crippen molar-refractivity contribution in [2.45, 2.75) is 25.9 Å². The first-order valence-electron chi connectivity index (χ1n) is 8.21. The molecule has 26 heavy (non-hydrogen) atoms. The maximum absolute atomic E-state index is 12.4. The fourth-order valence-electron chi connectivity index (χ4n) is 2.51. The van der Waals surface area contributed by atoms with Crippen molar-refractivity contribution in [3.05, 3.63) is 53.6 Å². The lowest BCUT2D eigenvalue weighted by molar-refractivity contribution is -0.121. The first-order chi connectivity index (χ1) is 12.5. The van der Waals surface area contributed by atoms with Crippen LogP contribution >= 0.6 is 0 Å². The van der Waals surface area contributed by atoms with Crippen LogP contribution < -0.4 is 20.5 Å². The first-order valence-corrected chi connectivity index (χ1v) is 8.21. The van der Waals surface area contributed by atoms with Crippen molar-refractivity contribution in [3.8, 4) is 11.5 Å². The second-order valence-corrected chi connectivity index (χ2v) is 5.66. The van der Waals surface area contributed by atoms with Crippen LogP contribution in [0.25, 0.3) is 0 Å². The van der Waals surface area contributed by atoms with E-state index >= 15 is 0 Å². The molecule has 3 N–H and O–H groups in total. The van der Waals surface area contributed by atoms with Crippen molar-refractivity contribution in [1.29, 1.82) is 0 Å². The number of hydrogen-bond donors (Lipinski definition) is 2. The van der Waals surface area contributed by atoms with Crippen LogP contribution in [0.1, 0.15) is 17.5 Å². The lowest BCUT2D eigenvalue weighted by atomic mass is 10.1. The van der Waals surface area contributed by atoms with Gasteiger partial charge in [0.2, 0.25) is 5.91 Å². The van der Waals surface area contributed by atoms with Gasteiger partial charge in [-0.25, -0.2) is 0 Å². The lowest BCUT2D eigenvalue weighted by Gasteiger charge is -2.12. The number of benzene rings is 2. The molecule has 0 atom stereocenters. The molecular formula is C19H22F2N2O3. The summed E-state index contributed by atoms with van der Waals surface area (Å²) in [5.41, 5.74) is 8.21. The number of rotatable bonds is 9. The number of nitrogens with two attached hydrogens (primary N) is 1. The molecule has 0 aliphatic rings. The van der Waals surface area contributed by atoms with E-state index in [-0.39, 0.29) is 17.4 Å². The number of para-hydroxylation sites is 1. The van der Waals surface area contributed by atoms with E-state index < -0.39 is 6.61 Å². The number of nitrogens with one attached hydrogen (secondary N) is 1. The topological polar surface area (TPSA) is 73.6 Å². The van der Waals surface area contributed by atoms with Gasteiger partial charge in [-0.05, 0) is 42.2 Å². The molecule has 0 saturated heterocycles. The van der Waals surface area contributed by atoms with Crippen LogP contribution in [0.2, 0.25) is 0 Å². The van der Waals surface area contributed by atoms with E-state index in [2.05, 4.69) is 10.1 Å². The molecular weight excluding hydrogens is 342 g/mol. The minimum Gasteiger partial charge on any atom is -0.493 e. The third-order valence-corrected chi connectivity index (χ3v) is 3.86. The zero-order valence-electron chi connectivity index (χ0n) is 14.5. The zero-order valence-corrected chi connectivity index (χ0v) is 14.5. The van der Waals surface area contributed by atoms with Crippen LogP contribution in [0.15, 0.2) is 42.5 Å². The van der Waals surface area contributed by atoms with E-state index in [9.17, 15) is 13.6 Å². The number of nitrogen functional groups attached to an aromatic ring is 1. The number of hydrogen-bond acceptors (Lipinski definition) is 4. The largest absolute Gasteiger partial charge is 0.493 e. The van der Waals surface area contributed by atoms with Gasteiger partial charge in [-0.1, -0.05) is 24.3 Å². The van der Waals surface area contributed by atoms with Crippen LogP contribution in [-0.4, -0.2) is 26.2 Å². The van der Waals surface area contributed by atoms with E-state index in [1.165, 1.54) is 13.2 Å². The van der Waals surface area contributed by atoms with Gasteiger partial charge >= 0.3 is 6.61 Å². The Morgan fingerprint density at radius 1 is 1.15 bits per heavy atom. The molecule has 0 bridgehead atoms. The molecule has 2 rings (SSSR count). The number of anilines is 1. The fraction of sp³-hybridized carbons (Fsp3) is 0.316. The highest BCUT2D eigenvalue weighted by molar-refractivity contribution is 5.76. The molecule has 0 aromatic heterocycles. The average molecular weight is 364 g/mol. The number of carbonyl (C=O) groups is 1. The molecule has 2 aromatic rings. The first kappa shape index (κ1) is 19.5. The standard InChI is InChI=1S/C19H22F2N2O3/c1-25-16-8-6-13(12-17(16)26-19(20)21)10-11-23-18(24)9-7-14-4-2-3-5-15(14)22/h2-6,8,12,19H,7,9-11,22H2,1H3,(H,23,24). The van der Waals surface area contributed by atoms with Gasteiger partial charge in [-0.2, -0.15) is 8.78 Å². The molecule has 140 valence electrons.